The van der Waals surface area contributed by atoms with Crippen LogP contribution in [-0.2, 0) is 12.0 Å². The normalized spacial score (nSPS) is 24.3. The molecule has 0 aliphatic heterocycles. The summed E-state index contributed by atoms with van der Waals surface area (Å²) in [6, 6.07) is 12.0. The Hall–Kier alpha value is -3.14. The van der Waals surface area contributed by atoms with Crippen LogP contribution in [0, 0.1) is 5.92 Å². The number of hydrogen-bond donors (Lipinski definition) is 1. The molecule has 2 atom stereocenters. The Morgan fingerprint density at radius 3 is 2.63 bits per heavy atom. The van der Waals surface area contributed by atoms with Crippen LogP contribution in [0.3, 0.4) is 0 Å². The fraction of sp³-hybridized carbons (Fsp3) is 0.308. The molecule has 154 valence electrons. The van der Waals surface area contributed by atoms with Gasteiger partial charge in [-0.3, -0.25) is 9.79 Å². The Morgan fingerprint density at radius 1 is 1.17 bits per heavy atom. The number of allylic oxidation sites excluding steroid dienone is 3. The molecule has 4 rings (SSSR count). The van der Waals surface area contributed by atoms with Gasteiger partial charge >= 0.3 is 0 Å². The molecule has 2 aliphatic rings. The highest BCUT2D eigenvalue weighted by Gasteiger charge is 2.46. The van der Waals surface area contributed by atoms with Gasteiger partial charge in [-0.25, -0.2) is 0 Å². The third kappa shape index (κ3) is 3.58. The van der Waals surface area contributed by atoms with Crippen LogP contribution in [-0.4, -0.2) is 25.3 Å². The lowest BCUT2D eigenvalue weighted by atomic mass is 9.63. The molecule has 0 unspecified atom stereocenters. The Kier molecular flexibility index (Phi) is 5.33. The van der Waals surface area contributed by atoms with Gasteiger partial charge in [-0.1, -0.05) is 35.9 Å². The van der Waals surface area contributed by atoms with E-state index in [9.17, 15) is 4.79 Å². The van der Waals surface area contributed by atoms with E-state index in [1.807, 2.05) is 32.5 Å². The number of hydrogen-bond acceptors (Lipinski definition) is 3. The number of H-pyrrole nitrogens is 1. The molecule has 0 amide bonds. The molecule has 1 aromatic carbocycles. The highest BCUT2D eigenvalue weighted by atomic mass is 16.1. The predicted molar refractivity (Wildman–Crippen MR) is 126 cm³/mol. The zero-order valence-electron chi connectivity index (χ0n) is 18.1. The standard InChI is InChI=1S/C26H29N3O/c1-5-22-20-15-18(2)17-26(22,23-12-13-25(30)28-24(23)16-20)27-14-6-7-19-8-10-21(11-9-19)29(3)4/h5-15,20H,16-17H2,1-4H3,(H,28,30)/b7-6?,22-5+,27-14?/t20-,26+/m0/s1. The van der Waals surface area contributed by atoms with E-state index in [1.165, 1.54) is 16.8 Å². The number of anilines is 1. The summed E-state index contributed by atoms with van der Waals surface area (Å²) in [5, 5.41) is 0. The van der Waals surface area contributed by atoms with Gasteiger partial charge in [-0.15, -0.1) is 0 Å². The van der Waals surface area contributed by atoms with Crippen molar-refractivity contribution in [2.24, 2.45) is 10.9 Å². The summed E-state index contributed by atoms with van der Waals surface area (Å²) in [4.78, 5) is 22.2. The van der Waals surface area contributed by atoms with Gasteiger partial charge < -0.3 is 9.88 Å². The van der Waals surface area contributed by atoms with Crippen molar-refractivity contribution >= 4 is 18.0 Å². The number of benzene rings is 1. The molecular weight excluding hydrogens is 370 g/mol. The minimum atomic E-state index is -0.435. The van der Waals surface area contributed by atoms with Gasteiger partial charge in [0.05, 0.1) is 0 Å². The van der Waals surface area contributed by atoms with Crippen LogP contribution in [0.2, 0.25) is 0 Å². The van der Waals surface area contributed by atoms with Crippen molar-refractivity contribution in [2.45, 2.75) is 32.2 Å². The van der Waals surface area contributed by atoms with Gasteiger partial charge in [-0.05, 0) is 55.7 Å². The van der Waals surface area contributed by atoms with Crippen LogP contribution in [0.15, 0.2) is 75.6 Å². The molecule has 1 N–H and O–H groups in total. The maximum atomic E-state index is 11.9. The average molecular weight is 400 g/mol. The lowest BCUT2D eigenvalue weighted by Crippen LogP contribution is -2.40. The summed E-state index contributed by atoms with van der Waals surface area (Å²) >= 11 is 0. The molecule has 0 fully saturated rings. The molecular formula is C26H29N3O. The van der Waals surface area contributed by atoms with E-state index in [-0.39, 0.29) is 11.5 Å². The van der Waals surface area contributed by atoms with Crippen LogP contribution in [0.4, 0.5) is 5.69 Å². The Bertz CT molecular complexity index is 1120. The predicted octanol–water partition coefficient (Wildman–Crippen LogP) is 4.89. The highest BCUT2D eigenvalue weighted by molar-refractivity contribution is 5.79. The van der Waals surface area contributed by atoms with Gasteiger partial charge in [0, 0.05) is 55.7 Å². The van der Waals surface area contributed by atoms with Crippen molar-refractivity contribution in [2.75, 3.05) is 19.0 Å². The smallest absolute Gasteiger partial charge is 0.248 e. The van der Waals surface area contributed by atoms with Gasteiger partial charge in [-0.2, -0.15) is 0 Å². The first-order valence-electron chi connectivity index (χ1n) is 10.5. The quantitative estimate of drug-likeness (QED) is 0.588. The first kappa shape index (κ1) is 20.1. The first-order chi connectivity index (χ1) is 14.4. The van der Waals surface area contributed by atoms with Crippen molar-refractivity contribution < 1.29 is 0 Å². The van der Waals surface area contributed by atoms with Crippen molar-refractivity contribution in [3.63, 3.8) is 0 Å². The van der Waals surface area contributed by atoms with Gasteiger partial charge in [0.1, 0.15) is 5.54 Å². The number of aromatic amines is 1. The third-order valence-electron chi connectivity index (χ3n) is 6.16. The maximum Gasteiger partial charge on any atom is 0.248 e. The van der Waals surface area contributed by atoms with Crippen molar-refractivity contribution in [3.8, 4) is 0 Å². The number of fused-ring (bicyclic) bond motifs is 4. The lowest BCUT2D eigenvalue weighted by Gasteiger charge is -2.45. The minimum Gasteiger partial charge on any atom is -0.378 e. The SMILES string of the molecule is C/C=C1\[C@H]2C=C(C)C[C@]1(N=CC=Cc1ccc(N(C)C)cc1)c1ccc(=O)[nH]c1C2. The molecule has 30 heavy (non-hydrogen) atoms. The monoisotopic (exact) mass is 399 g/mol. The molecule has 1 heterocycles. The first-order valence-corrected chi connectivity index (χ1v) is 10.5. The number of aliphatic imine (C=N–C) groups is 1. The van der Waals surface area contributed by atoms with Crippen molar-refractivity contribution in [1.82, 2.24) is 4.98 Å². The van der Waals surface area contributed by atoms with Crippen LogP contribution < -0.4 is 10.5 Å². The zero-order chi connectivity index (χ0) is 21.3. The molecule has 2 bridgehead atoms. The highest BCUT2D eigenvalue weighted by Crippen LogP contribution is 2.51. The Morgan fingerprint density at radius 2 is 1.93 bits per heavy atom. The summed E-state index contributed by atoms with van der Waals surface area (Å²) < 4.78 is 0. The molecule has 0 radical (unpaired) electrons. The topological polar surface area (TPSA) is 48.5 Å². The summed E-state index contributed by atoms with van der Waals surface area (Å²) in [6.45, 7) is 4.28. The summed E-state index contributed by atoms with van der Waals surface area (Å²) in [5.41, 5.74) is 6.66. The van der Waals surface area contributed by atoms with E-state index in [2.05, 4.69) is 66.2 Å². The third-order valence-corrected chi connectivity index (χ3v) is 6.16. The molecule has 0 spiro atoms. The fourth-order valence-corrected chi connectivity index (χ4v) is 4.86. The van der Waals surface area contributed by atoms with E-state index < -0.39 is 5.54 Å². The van der Waals surface area contributed by atoms with E-state index in [0.717, 1.165) is 29.7 Å². The minimum absolute atomic E-state index is 0.0448. The molecule has 2 aromatic rings. The maximum absolute atomic E-state index is 11.9. The van der Waals surface area contributed by atoms with E-state index >= 15 is 0 Å². The number of nitrogens with zero attached hydrogens (tertiary/aromatic N) is 2. The van der Waals surface area contributed by atoms with Crippen LogP contribution in [0.5, 0.6) is 0 Å². The second-order valence-corrected chi connectivity index (χ2v) is 8.44. The fourth-order valence-electron chi connectivity index (χ4n) is 4.86. The number of rotatable bonds is 4. The Balaban J connectivity index is 1.69. The van der Waals surface area contributed by atoms with Crippen molar-refractivity contribution in [3.05, 3.63) is 92.9 Å². The second kappa shape index (κ2) is 7.94. The molecule has 4 heteroatoms. The largest absolute Gasteiger partial charge is 0.378 e. The zero-order valence-corrected chi connectivity index (χ0v) is 18.1. The second-order valence-electron chi connectivity index (χ2n) is 8.44. The Labute approximate surface area is 178 Å². The van der Waals surface area contributed by atoms with E-state index in [1.54, 1.807) is 6.07 Å². The molecule has 1 aromatic heterocycles. The lowest BCUT2D eigenvalue weighted by molar-refractivity contribution is 0.413. The summed E-state index contributed by atoms with van der Waals surface area (Å²) in [7, 11) is 4.08. The molecule has 4 nitrogen and oxygen atoms in total. The van der Waals surface area contributed by atoms with E-state index in [4.69, 9.17) is 4.99 Å². The van der Waals surface area contributed by atoms with Crippen LogP contribution in [0.25, 0.3) is 6.08 Å². The molecule has 0 saturated heterocycles. The molecule has 0 saturated carbocycles. The van der Waals surface area contributed by atoms with Crippen LogP contribution >= 0.6 is 0 Å². The number of nitrogens with one attached hydrogen (secondary N) is 1. The van der Waals surface area contributed by atoms with Gasteiger partial charge in [0.15, 0.2) is 0 Å². The molecule has 2 aliphatic carbocycles. The average Bonchev–Trinajstić information content (AvgIpc) is 2.71. The van der Waals surface area contributed by atoms with Crippen LogP contribution in [0.1, 0.15) is 37.1 Å². The number of pyridine rings is 1. The summed E-state index contributed by atoms with van der Waals surface area (Å²) in [5.74, 6) is 0.286. The number of aromatic nitrogens is 1. The van der Waals surface area contributed by atoms with Crippen molar-refractivity contribution in [1.29, 1.82) is 0 Å². The van der Waals surface area contributed by atoms with Gasteiger partial charge in [0.2, 0.25) is 5.56 Å². The summed E-state index contributed by atoms with van der Waals surface area (Å²) in [6.07, 6.45) is 12.2. The van der Waals surface area contributed by atoms with E-state index in [0.29, 0.717) is 0 Å². The van der Waals surface area contributed by atoms with Gasteiger partial charge in [0.25, 0.3) is 0 Å².